The molecule has 1 saturated carbocycles. The first-order chi connectivity index (χ1) is 20.0. The molecule has 0 radical (unpaired) electrons. The number of hydrogen-bond donors (Lipinski definition) is 1. The minimum absolute atomic E-state index is 0.0196. The summed E-state index contributed by atoms with van der Waals surface area (Å²) in [4.78, 5) is 15.5. The van der Waals surface area contributed by atoms with Gasteiger partial charge in [0.2, 0.25) is 0 Å². The van der Waals surface area contributed by atoms with Gasteiger partial charge in [-0.3, -0.25) is 4.90 Å². The molecule has 1 aromatic rings. The molecule has 0 unspecified atom stereocenters. The normalized spacial score (nSPS) is 45.9. The first kappa shape index (κ1) is 8.35. The van der Waals surface area contributed by atoms with Gasteiger partial charge in [-0.2, -0.15) is 0 Å². The SMILES string of the molecule is [2H]c1c([2H])c(C)c(Cl)c(N2CCN(C([2H])([2H])C([2H])([2H])C3([2H])C([2H])([2H])C([2H])([2H])C([2H])(NC(=O)N(C)C)C([2H])([2H])C3([2H])[2H])CC2)c1[2H]. The highest BCUT2D eigenvalue weighted by Crippen LogP contribution is 2.30. The second-order valence-corrected chi connectivity index (χ2v) is 6.83. The second-order valence-electron chi connectivity index (χ2n) is 6.45. The van der Waals surface area contributed by atoms with Crippen LogP contribution in [0.4, 0.5) is 10.5 Å². The summed E-state index contributed by atoms with van der Waals surface area (Å²) in [5.41, 5.74) is 0.318. The summed E-state index contributed by atoms with van der Waals surface area (Å²) in [5.74, 6) is -4.22. The van der Waals surface area contributed by atoms with Crippen molar-refractivity contribution < 1.29 is 28.1 Å². The molecule has 0 bridgehead atoms. The van der Waals surface area contributed by atoms with Crippen molar-refractivity contribution in [3.05, 3.63) is 28.7 Å². The number of halogens is 1. The van der Waals surface area contributed by atoms with Crippen LogP contribution in [0.25, 0.3) is 0 Å². The van der Waals surface area contributed by atoms with E-state index in [-0.39, 0.29) is 54.5 Å². The molecule has 3 rings (SSSR count). The van der Waals surface area contributed by atoms with Gasteiger partial charge in [0.25, 0.3) is 0 Å². The fraction of sp³-hybridized carbons (Fsp3) is 0.682. The van der Waals surface area contributed by atoms with Crippen LogP contribution in [0.5, 0.6) is 0 Å². The van der Waals surface area contributed by atoms with Crippen LogP contribution >= 0.6 is 11.6 Å². The van der Waals surface area contributed by atoms with E-state index in [2.05, 4.69) is 0 Å². The molecular formula is C22H35ClN4O. The van der Waals surface area contributed by atoms with E-state index >= 15 is 0 Å². The molecule has 1 aliphatic carbocycles. The molecule has 1 saturated heterocycles. The van der Waals surface area contributed by atoms with E-state index in [1.807, 2.05) is 0 Å². The van der Waals surface area contributed by atoms with Gasteiger partial charge < -0.3 is 15.1 Å². The number of nitrogens with one attached hydrogen (secondary N) is 1. The number of anilines is 1. The quantitative estimate of drug-likeness (QED) is 0.778. The Hall–Kier alpha value is -1.46. The van der Waals surface area contributed by atoms with Crippen molar-refractivity contribution in [2.24, 2.45) is 5.89 Å². The Bertz CT molecular complexity index is 1310. The lowest BCUT2D eigenvalue weighted by atomic mass is 9.84. The highest BCUT2D eigenvalue weighted by atomic mass is 35.5. The molecule has 1 heterocycles. The van der Waals surface area contributed by atoms with Crippen LogP contribution in [0.1, 0.15) is 60.7 Å². The Labute approximate surface area is 198 Å². The van der Waals surface area contributed by atoms with Gasteiger partial charge in [-0.15, -0.1) is 0 Å². The van der Waals surface area contributed by atoms with Crippen molar-refractivity contribution in [1.82, 2.24) is 15.1 Å². The number of benzene rings is 1. The number of urea groups is 1. The first-order valence-electron chi connectivity index (χ1n) is 17.2. The maximum atomic E-state index is 12.4. The highest BCUT2D eigenvalue weighted by molar-refractivity contribution is 6.34. The summed E-state index contributed by atoms with van der Waals surface area (Å²) >= 11 is 6.38. The predicted molar refractivity (Wildman–Crippen MR) is 117 cm³/mol. The van der Waals surface area contributed by atoms with Crippen LogP contribution < -0.4 is 10.2 Å². The summed E-state index contributed by atoms with van der Waals surface area (Å²) in [6.45, 7) is -3.01. The van der Waals surface area contributed by atoms with Crippen molar-refractivity contribution in [3.63, 3.8) is 0 Å². The van der Waals surface area contributed by atoms with Crippen molar-refractivity contribution in [3.8, 4) is 0 Å². The van der Waals surface area contributed by atoms with Gasteiger partial charge in [0, 0.05) is 64.1 Å². The average Bonchev–Trinajstić information content (AvgIpc) is 2.93. The molecule has 1 N–H and O–H groups in total. The first-order valence-corrected chi connectivity index (χ1v) is 9.10. The Kier molecular flexibility index (Phi) is 2.93. The van der Waals surface area contributed by atoms with Gasteiger partial charge in [0.15, 0.2) is 0 Å². The molecule has 6 heteroatoms. The molecule has 5 nitrogen and oxygen atoms in total. The van der Waals surface area contributed by atoms with Crippen LogP contribution in [0.3, 0.4) is 0 Å². The zero-order valence-electron chi connectivity index (χ0n) is 33.0. The molecule has 0 spiro atoms. The number of piperazine rings is 1. The van der Waals surface area contributed by atoms with Crippen LogP contribution in [0.2, 0.25) is 5.02 Å². The van der Waals surface area contributed by atoms with Crippen molar-refractivity contribution in [1.29, 1.82) is 0 Å². The molecule has 1 aromatic carbocycles. The molecule has 1 aliphatic heterocycles. The predicted octanol–water partition coefficient (Wildman–Crippen LogP) is 3.99. The van der Waals surface area contributed by atoms with Gasteiger partial charge in [-0.25, -0.2) is 4.79 Å². The minimum atomic E-state index is -4.22. The lowest BCUT2D eigenvalue weighted by Crippen LogP contribution is -2.47. The minimum Gasteiger partial charge on any atom is -0.368 e. The van der Waals surface area contributed by atoms with E-state index in [1.54, 1.807) is 5.32 Å². The fourth-order valence-electron chi connectivity index (χ4n) is 2.52. The van der Waals surface area contributed by atoms with Gasteiger partial charge in [0.1, 0.15) is 0 Å². The smallest absolute Gasteiger partial charge is 0.317 e. The summed E-state index contributed by atoms with van der Waals surface area (Å²) < 4.78 is 146. The molecule has 28 heavy (non-hydrogen) atoms. The van der Waals surface area contributed by atoms with E-state index in [0.29, 0.717) is 0 Å². The van der Waals surface area contributed by atoms with Crippen molar-refractivity contribution in [2.45, 2.75) is 44.8 Å². The zero-order chi connectivity index (χ0) is 35.3. The van der Waals surface area contributed by atoms with Gasteiger partial charge in [-0.05, 0) is 62.8 Å². The molecule has 156 valence electrons. The van der Waals surface area contributed by atoms with E-state index in [4.69, 9.17) is 34.9 Å². The third-order valence-electron chi connectivity index (χ3n) is 4.17. The summed E-state index contributed by atoms with van der Waals surface area (Å²) in [6.07, 6.45) is -20.4. The zero-order valence-corrected chi connectivity index (χ0v) is 16.7. The van der Waals surface area contributed by atoms with E-state index in [9.17, 15) is 4.79 Å². The standard InChI is InChI=1S/C22H35ClN4O/c1-17-5-4-6-20(21(17)23)27-15-13-26(14-16-27)12-11-18-7-9-19(10-8-18)24-22(28)25(2)3/h4-6,18-19H,7-16H2,1-3H3,(H,24,28)/i4D,5D,6D,7D2,8D2,9D2,10D2,11D2,12D2,18D,19D. The van der Waals surface area contributed by atoms with E-state index in [0.717, 1.165) is 23.9 Å². The largest absolute Gasteiger partial charge is 0.368 e. The summed E-state index contributed by atoms with van der Waals surface area (Å²) in [6, 6.07) is -6.05. The molecule has 2 fully saturated rings. The fourth-order valence-corrected chi connectivity index (χ4v) is 2.74. The van der Waals surface area contributed by atoms with E-state index in [1.165, 1.54) is 11.8 Å². The number of carbonyl (C=O) groups excluding carboxylic acids is 1. The van der Waals surface area contributed by atoms with E-state index < -0.39 is 62.3 Å². The lowest BCUT2D eigenvalue weighted by Gasteiger charge is -2.37. The molecular weight excluding hydrogens is 372 g/mol. The average molecular weight is 424 g/mol. The Balaban J connectivity index is 2.10. The van der Waals surface area contributed by atoms with Gasteiger partial charge in [0.05, 0.1) is 16.2 Å². The monoisotopic (exact) mass is 423 g/mol. The Morgan fingerprint density at radius 1 is 1.32 bits per heavy atom. The van der Waals surface area contributed by atoms with Crippen LogP contribution in [0, 0.1) is 12.8 Å². The lowest BCUT2D eigenvalue weighted by molar-refractivity contribution is 0.194. The molecule has 2 aliphatic rings. The summed E-state index contributed by atoms with van der Waals surface area (Å²) in [7, 11) is 2.29. The van der Waals surface area contributed by atoms with Gasteiger partial charge >= 0.3 is 6.03 Å². The third kappa shape index (κ3) is 5.54. The molecule has 0 aromatic heterocycles. The van der Waals surface area contributed by atoms with Crippen LogP contribution in [-0.2, 0) is 0 Å². The van der Waals surface area contributed by atoms with Crippen molar-refractivity contribution in [2.75, 3.05) is 51.7 Å². The number of hydrogen-bond acceptors (Lipinski definition) is 3. The molecule has 0 atom stereocenters. The number of rotatable bonds is 5. The third-order valence-corrected chi connectivity index (χ3v) is 4.63. The summed E-state index contributed by atoms with van der Waals surface area (Å²) in [5, 5.41) is 1.70. The second kappa shape index (κ2) is 9.84. The Morgan fingerprint density at radius 2 is 2.00 bits per heavy atom. The maximum absolute atomic E-state index is 12.4. The maximum Gasteiger partial charge on any atom is 0.317 e. The number of carbonyl (C=O) groups is 1. The van der Waals surface area contributed by atoms with Crippen LogP contribution in [0.15, 0.2) is 18.1 Å². The van der Waals surface area contributed by atoms with Crippen molar-refractivity contribution >= 4 is 23.3 Å². The Morgan fingerprint density at radius 3 is 2.64 bits per heavy atom. The highest BCUT2D eigenvalue weighted by Gasteiger charge is 2.24. The molecule has 2 amide bonds. The number of amides is 2. The van der Waals surface area contributed by atoms with Gasteiger partial charge in [-0.1, -0.05) is 23.7 Å². The van der Waals surface area contributed by atoms with Crippen LogP contribution in [-0.4, -0.2) is 68.6 Å². The number of nitrogens with zero attached hydrogens (tertiary/aromatic N) is 3. The topological polar surface area (TPSA) is 38.8 Å².